The molecule has 118 valence electrons. The highest BCUT2D eigenvalue weighted by molar-refractivity contribution is 7.91. The topological polar surface area (TPSA) is 55.4 Å². The van der Waals surface area contributed by atoms with Crippen LogP contribution in [0.15, 0.2) is 18.2 Å². The lowest BCUT2D eigenvalue weighted by atomic mass is 10.0. The summed E-state index contributed by atoms with van der Waals surface area (Å²) in [4.78, 5) is 0. The number of benzene rings is 1. The van der Waals surface area contributed by atoms with E-state index in [1.807, 2.05) is 13.0 Å². The Morgan fingerprint density at radius 3 is 2.62 bits per heavy atom. The van der Waals surface area contributed by atoms with Crippen LogP contribution < -0.4 is 10.1 Å². The van der Waals surface area contributed by atoms with Gasteiger partial charge in [0.15, 0.2) is 11.6 Å². The predicted molar refractivity (Wildman–Crippen MR) is 80.7 cm³/mol. The van der Waals surface area contributed by atoms with Crippen molar-refractivity contribution in [3.63, 3.8) is 0 Å². The Balaban J connectivity index is 1.87. The molecule has 0 spiro atoms. The lowest BCUT2D eigenvalue weighted by molar-refractivity contribution is 0.384. The van der Waals surface area contributed by atoms with Crippen LogP contribution >= 0.6 is 0 Å². The molecule has 1 fully saturated rings. The number of rotatable bonds is 5. The molecule has 1 atom stereocenters. The summed E-state index contributed by atoms with van der Waals surface area (Å²) >= 11 is 0. The molecule has 0 amide bonds. The molecule has 0 aliphatic carbocycles. The van der Waals surface area contributed by atoms with Gasteiger partial charge in [-0.05, 0) is 49.9 Å². The van der Waals surface area contributed by atoms with Crippen molar-refractivity contribution in [2.24, 2.45) is 5.92 Å². The second-order valence-corrected chi connectivity index (χ2v) is 7.92. The van der Waals surface area contributed by atoms with E-state index in [2.05, 4.69) is 5.32 Å². The predicted octanol–water partition coefficient (Wildman–Crippen LogP) is 2.31. The average Bonchev–Trinajstić information content (AvgIpc) is 2.45. The number of nitrogens with one attached hydrogen (secondary N) is 1. The van der Waals surface area contributed by atoms with E-state index in [9.17, 15) is 12.8 Å². The van der Waals surface area contributed by atoms with Crippen LogP contribution in [0.25, 0.3) is 0 Å². The van der Waals surface area contributed by atoms with Gasteiger partial charge in [0, 0.05) is 6.04 Å². The second kappa shape index (κ2) is 6.75. The number of ether oxygens (including phenoxy) is 1. The summed E-state index contributed by atoms with van der Waals surface area (Å²) < 4.78 is 41.3. The fourth-order valence-corrected chi connectivity index (χ4v) is 4.15. The van der Waals surface area contributed by atoms with Crippen molar-refractivity contribution in [3.05, 3.63) is 29.6 Å². The summed E-state index contributed by atoms with van der Waals surface area (Å²) in [6.45, 7) is 2.73. The van der Waals surface area contributed by atoms with Crippen molar-refractivity contribution in [2.75, 3.05) is 25.2 Å². The lowest BCUT2D eigenvalue weighted by Crippen LogP contribution is -2.32. The molecule has 0 radical (unpaired) electrons. The lowest BCUT2D eigenvalue weighted by Gasteiger charge is -2.24. The molecule has 1 aliphatic heterocycles. The van der Waals surface area contributed by atoms with Gasteiger partial charge in [0.05, 0.1) is 18.6 Å². The summed E-state index contributed by atoms with van der Waals surface area (Å²) in [5, 5.41) is 3.36. The molecular weight excluding hydrogens is 293 g/mol. The van der Waals surface area contributed by atoms with E-state index in [-0.39, 0.29) is 29.1 Å². The number of sulfone groups is 1. The standard InChI is InChI=1S/C15H22FNO3S/c1-11(13-3-4-15(20-2)14(16)9-13)17-10-12-5-7-21(18,19)8-6-12/h3-4,9,11-12,17H,5-8,10H2,1-2H3. The smallest absolute Gasteiger partial charge is 0.165 e. The van der Waals surface area contributed by atoms with E-state index < -0.39 is 9.84 Å². The van der Waals surface area contributed by atoms with Gasteiger partial charge in [-0.2, -0.15) is 0 Å². The van der Waals surface area contributed by atoms with Gasteiger partial charge in [0.2, 0.25) is 0 Å². The van der Waals surface area contributed by atoms with Crippen molar-refractivity contribution in [2.45, 2.75) is 25.8 Å². The molecule has 1 N–H and O–H groups in total. The highest BCUT2D eigenvalue weighted by Crippen LogP contribution is 2.23. The number of hydrogen-bond donors (Lipinski definition) is 1. The van der Waals surface area contributed by atoms with Crippen LogP contribution in [0.5, 0.6) is 5.75 Å². The fourth-order valence-electron chi connectivity index (χ4n) is 2.56. The minimum Gasteiger partial charge on any atom is -0.494 e. The molecule has 2 rings (SSSR count). The van der Waals surface area contributed by atoms with Crippen molar-refractivity contribution in [1.29, 1.82) is 0 Å². The van der Waals surface area contributed by atoms with Crippen LogP contribution in [0.1, 0.15) is 31.4 Å². The van der Waals surface area contributed by atoms with Crippen LogP contribution in [0, 0.1) is 11.7 Å². The third-order valence-corrected chi connectivity index (χ3v) is 5.78. The molecule has 21 heavy (non-hydrogen) atoms. The first-order chi connectivity index (χ1) is 9.91. The quantitative estimate of drug-likeness (QED) is 0.906. The van der Waals surface area contributed by atoms with Crippen LogP contribution in [-0.4, -0.2) is 33.6 Å². The Labute approximate surface area is 125 Å². The summed E-state index contributed by atoms with van der Waals surface area (Å²) in [7, 11) is -1.37. The average molecular weight is 315 g/mol. The molecule has 0 aromatic heterocycles. The van der Waals surface area contributed by atoms with Crippen LogP contribution in [0.3, 0.4) is 0 Å². The molecule has 4 nitrogen and oxygen atoms in total. The Kier molecular flexibility index (Phi) is 5.22. The van der Waals surface area contributed by atoms with Crippen molar-refractivity contribution < 1.29 is 17.5 Å². The summed E-state index contributed by atoms with van der Waals surface area (Å²) in [6, 6.07) is 4.95. The van der Waals surface area contributed by atoms with Crippen LogP contribution in [0.4, 0.5) is 4.39 Å². The monoisotopic (exact) mass is 315 g/mol. The Morgan fingerprint density at radius 1 is 1.38 bits per heavy atom. The fraction of sp³-hybridized carbons (Fsp3) is 0.600. The summed E-state index contributed by atoms with van der Waals surface area (Å²) in [5.41, 5.74) is 0.858. The maximum atomic E-state index is 13.7. The molecule has 1 aromatic rings. The molecular formula is C15H22FNO3S. The summed E-state index contributed by atoms with van der Waals surface area (Å²) in [6.07, 6.45) is 1.41. The van der Waals surface area contributed by atoms with Crippen molar-refractivity contribution in [1.82, 2.24) is 5.32 Å². The highest BCUT2D eigenvalue weighted by atomic mass is 32.2. The number of halogens is 1. The first-order valence-corrected chi connectivity index (χ1v) is 9.00. The number of hydrogen-bond acceptors (Lipinski definition) is 4. The first kappa shape index (κ1) is 16.2. The zero-order valence-corrected chi connectivity index (χ0v) is 13.2. The van der Waals surface area contributed by atoms with Crippen molar-refractivity contribution >= 4 is 9.84 Å². The van der Waals surface area contributed by atoms with Crippen LogP contribution in [0.2, 0.25) is 0 Å². The SMILES string of the molecule is COc1ccc(C(C)NCC2CCS(=O)(=O)CC2)cc1F. The normalized spacial score (nSPS) is 20.1. The largest absolute Gasteiger partial charge is 0.494 e. The summed E-state index contributed by atoms with van der Waals surface area (Å²) in [5.74, 6) is 0.811. The Hall–Kier alpha value is -1.14. The Morgan fingerprint density at radius 2 is 2.05 bits per heavy atom. The zero-order chi connectivity index (χ0) is 15.5. The van der Waals surface area contributed by atoms with Crippen molar-refractivity contribution in [3.8, 4) is 5.75 Å². The third-order valence-electron chi connectivity index (χ3n) is 4.06. The molecule has 1 heterocycles. The van der Waals surface area contributed by atoms with Gasteiger partial charge in [0.25, 0.3) is 0 Å². The van der Waals surface area contributed by atoms with E-state index in [1.54, 1.807) is 6.07 Å². The van der Waals surface area contributed by atoms with E-state index >= 15 is 0 Å². The molecule has 0 saturated carbocycles. The van der Waals surface area contributed by atoms with E-state index in [0.29, 0.717) is 18.8 Å². The Bertz CT molecular complexity index is 575. The van der Waals surface area contributed by atoms with Gasteiger partial charge in [-0.25, -0.2) is 12.8 Å². The molecule has 1 aliphatic rings. The molecule has 1 aromatic carbocycles. The van der Waals surface area contributed by atoms with Gasteiger partial charge in [-0.15, -0.1) is 0 Å². The maximum Gasteiger partial charge on any atom is 0.165 e. The highest BCUT2D eigenvalue weighted by Gasteiger charge is 2.23. The molecule has 1 saturated heterocycles. The molecule has 0 bridgehead atoms. The van der Waals surface area contributed by atoms with Gasteiger partial charge >= 0.3 is 0 Å². The van der Waals surface area contributed by atoms with Crippen LogP contribution in [-0.2, 0) is 9.84 Å². The molecule has 6 heteroatoms. The van der Waals surface area contributed by atoms with Gasteiger partial charge < -0.3 is 10.1 Å². The van der Waals surface area contributed by atoms with E-state index in [1.165, 1.54) is 13.2 Å². The van der Waals surface area contributed by atoms with Gasteiger partial charge in [-0.3, -0.25) is 0 Å². The second-order valence-electron chi connectivity index (χ2n) is 5.62. The van der Waals surface area contributed by atoms with E-state index in [0.717, 1.165) is 12.1 Å². The minimum absolute atomic E-state index is 0.0175. The maximum absolute atomic E-state index is 13.7. The first-order valence-electron chi connectivity index (χ1n) is 7.18. The third kappa shape index (κ3) is 4.41. The number of methoxy groups -OCH3 is 1. The van der Waals surface area contributed by atoms with Gasteiger partial charge in [-0.1, -0.05) is 6.07 Å². The van der Waals surface area contributed by atoms with Gasteiger partial charge in [0.1, 0.15) is 9.84 Å². The zero-order valence-electron chi connectivity index (χ0n) is 12.4. The minimum atomic E-state index is -2.81. The van der Waals surface area contributed by atoms with E-state index in [4.69, 9.17) is 4.74 Å². The molecule has 1 unspecified atom stereocenters.